The van der Waals surface area contributed by atoms with Crippen LogP contribution in [0.1, 0.15) is 20.7 Å². The molecule has 0 spiro atoms. The number of carbonyl (C=O) groups excluding carboxylic acids is 4. The molecule has 2 aromatic carbocycles. The second-order valence-corrected chi connectivity index (χ2v) is 6.55. The van der Waals surface area contributed by atoms with Crippen molar-refractivity contribution < 1.29 is 23.9 Å². The molecule has 2 aliphatic rings. The number of ether oxygens (including phenoxy) is 1. The normalized spacial score (nSPS) is 15.0. The third kappa shape index (κ3) is 3.25. The molecular weight excluding hydrogens is 374 g/mol. The number of nitrogens with one attached hydrogen (secondary N) is 1. The lowest BCUT2D eigenvalue weighted by Gasteiger charge is -2.28. The Hall–Kier alpha value is -3.94. The maximum Gasteiger partial charge on any atom is 0.265 e. The highest BCUT2D eigenvalue weighted by atomic mass is 16.5. The maximum atomic E-state index is 12.4. The highest BCUT2D eigenvalue weighted by Crippen LogP contribution is 2.34. The number of fused-ring (bicyclic) bond motifs is 2. The Morgan fingerprint density at radius 3 is 2.41 bits per heavy atom. The molecule has 8 nitrogen and oxygen atoms in total. The van der Waals surface area contributed by atoms with Crippen molar-refractivity contribution in [1.29, 1.82) is 0 Å². The molecule has 0 aliphatic carbocycles. The molecule has 0 atom stereocenters. The van der Waals surface area contributed by atoms with Gasteiger partial charge in [-0.25, -0.2) is 0 Å². The smallest absolute Gasteiger partial charge is 0.265 e. The van der Waals surface area contributed by atoms with Crippen LogP contribution in [0, 0.1) is 0 Å². The van der Waals surface area contributed by atoms with E-state index in [9.17, 15) is 19.2 Å². The first-order valence-electron chi connectivity index (χ1n) is 8.93. The minimum atomic E-state index is -0.519. The molecule has 0 bridgehead atoms. The Bertz CT molecular complexity index is 1030. The van der Waals surface area contributed by atoms with Crippen molar-refractivity contribution in [2.24, 2.45) is 0 Å². The Kier molecular flexibility index (Phi) is 4.59. The van der Waals surface area contributed by atoms with Gasteiger partial charge in [0.2, 0.25) is 5.91 Å². The zero-order valence-corrected chi connectivity index (χ0v) is 15.4. The van der Waals surface area contributed by atoms with Gasteiger partial charge in [0, 0.05) is 18.3 Å². The minimum Gasteiger partial charge on any atom is -0.481 e. The van der Waals surface area contributed by atoms with Gasteiger partial charge in [-0.05, 0) is 24.3 Å². The topological polar surface area (TPSA) is 96.0 Å². The number of rotatable bonds is 5. The molecule has 2 aromatic rings. The fraction of sp³-hybridized carbons (Fsp3) is 0.143. The van der Waals surface area contributed by atoms with Crippen LogP contribution in [-0.2, 0) is 9.59 Å². The number of amides is 4. The predicted molar refractivity (Wildman–Crippen MR) is 105 cm³/mol. The van der Waals surface area contributed by atoms with E-state index >= 15 is 0 Å². The summed E-state index contributed by atoms with van der Waals surface area (Å²) >= 11 is 0. The maximum absolute atomic E-state index is 12.4. The van der Waals surface area contributed by atoms with Crippen molar-refractivity contribution in [1.82, 2.24) is 4.90 Å². The van der Waals surface area contributed by atoms with Gasteiger partial charge in [0.05, 0.1) is 16.8 Å². The van der Waals surface area contributed by atoms with Crippen molar-refractivity contribution in [2.75, 3.05) is 29.9 Å². The molecule has 0 unspecified atom stereocenters. The van der Waals surface area contributed by atoms with E-state index in [-0.39, 0.29) is 12.5 Å². The van der Waals surface area contributed by atoms with Crippen LogP contribution in [-0.4, -0.2) is 48.2 Å². The molecule has 0 saturated heterocycles. The fourth-order valence-electron chi connectivity index (χ4n) is 3.34. The third-order valence-electron chi connectivity index (χ3n) is 4.68. The highest BCUT2D eigenvalue weighted by Gasteiger charge is 2.36. The van der Waals surface area contributed by atoms with E-state index in [0.29, 0.717) is 34.8 Å². The number of nitrogens with zero attached hydrogens (tertiary/aromatic N) is 2. The van der Waals surface area contributed by atoms with E-state index in [0.717, 1.165) is 4.90 Å². The predicted octanol–water partition coefficient (Wildman–Crippen LogP) is 1.83. The van der Waals surface area contributed by atoms with E-state index in [2.05, 4.69) is 11.9 Å². The zero-order chi connectivity index (χ0) is 20.5. The van der Waals surface area contributed by atoms with Crippen molar-refractivity contribution >= 4 is 35.0 Å². The van der Waals surface area contributed by atoms with E-state index < -0.39 is 24.3 Å². The van der Waals surface area contributed by atoms with Gasteiger partial charge in [-0.3, -0.25) is 24.1 Å². The number of imide groups is 1. The van der Waals surface area contributed by atoms with Crippen LogP contribution in [0.25, 0.3) is 0 Å². The van der Waals surface area contributed by atoms with Gasteiger partial charge in [0.1, 0.15) is 12.3 Å². The van der Waals surface area contributed by atoms with Gasteiger partial charge in [-0.15, -0.1) is 6.58 Å². The Morgan fingerprint density at radius 1 is 1.07 bits per heavy atom. The lowest BCUT2D eigenvalue weighted by Crippen LogP contribution is -2.39. The largest absolute Gasteiger partial charge is 0.481 e. The molecular formula is C21H17N3O5. The quantitative estimate of drug-likeness (QED) is 0.620. The highest BCUT2D eigenvalue weighted by molar-refractivity contribution is 6.22. The molecule has 0 aromatic heterocycles. The summed E-state index contributed by atoms with van der Waals surface area (Å²) < 4.78 is 5.45. The summed E-state index contributed by atoms with van der Waals surface area (Å²) in [6.45, 7) is 3.49. The third-order valence-corrected chi connectivity index (χ3v) is 4.68. The molecule has 146 valence electrons. The molecule has 4 amide bonds. The van der Waals surface area contributed by atoms with E-state index in [1.165, 1.54) is 4.90 Å². The first kappa shape index (κ1) is 18.4. The van der Waals surface area contributed by atoms with Crippen LogP contribution in [0.5, 0.6) is 5.75 Å². The second kappa shape index (κ2) is 7.23. The molecule has 1 N–H and O–H groups in total. The van der Waals surface area contributed by atoms with Crippen LogP contribution in [0.3, 0.4) is 0 Å². The van der Waals surface area contributed by atoms with Crippen molar-refractivity contribution in [3.05, 3.63) is 66.2 Å². The molecule has 2 heterocycles. The minimum absolute atomic E-state index is 0.104. The van der Waals surface area contributed by atoms with Crippen LogP contribution >= 0.6 is 0 Å². The lowest BCUT2D eigenvalue weighted by atomic mass is 10.1. The monoisotopic (exact) mass is 391 g/mol. The standard InChI is InChI=1S/C21H17N3O5/c1-2-9-23-16-8-7-13(10-17(16)29-12-19(23)26)22-18(25)11-24-20(27)14-5-3-4-6-15(14)21(24)28/h2-8,10H,1,9,11-12H2,(H,22,25). The average molecular weight is 391 g/mol. The molecule has 29 heavy (non-hydrogen) atoms. The molecule has 0 saturated carbocycles. The van der Waals surface area contributed by atoms with Crippen LogP contribution in [0.4, 0.5) is 11.4 Å². The SMILES string of the molecule is C=CCN1C(=O)COc2cc(NC(=O)CN3C(=O)c4ccccc4C3=O)ccc21. The summed E-state index contributed by atoms with van der Waals surface area (Å²) in [6, 6.07) is 11.3. The molecule has 2 aliphatic heterocycles. The number of benzene rings is 2. The van der Waals surface area contributed by atoms with E-state index in [1.54, 1.807) is 48.5 Å². The summed E-state index contributed by atoms with van der Waals surface area (Å²) in [5.74, 6) is -1.24. The summed E-state index contributed by atoms with van der Waals surface area (Å²) in [7, 11) is 0. The first-order valence-corrected chi connectivity index (χ1v) is 8.93. The summed E-state index contributed by atoms with van der Waals surface area (Å²) in [4.78, 5) is 51.6. The van der Waals surface area contributed by atoms with Gasteiger partial charge in [0.15, 0.2) is 6.61 Å². The second-order valence-electron chi connectivity index (χ2n) is 6.55. The van der Waals surface area contributed by atoms with Crippen LogP contribution in [0.2, 0.25) is 0 Å². The summed E-state index contributed by atoms with van der Waals surface area (Å²) in [6.07, 6.45) is 1.62. The van der Waals surface area contributed by atoms with E-state index in [1.807, 2.05) is 0 Å². The number of anilines is 2. The Morgan fingerprint density at radius 2 is 1.76 bits per heavy atom. The van der Waals surface area contributed by atoms with Gasteiger partial charge in [0.25, 0.3) is 17.7 Å². The zero-order valence-electron chi connectivity index (χ0n) is 15.4. The number of hydrogen-bond acceptors (Lipinski definition) is 5. The van der Waals surface area contributed by atoms with Gasteiger partial charge >= 0.3 is 0 Å². The fourth-order valence-corrected chi connectivity index (χ4v) is 3.34. The number of carbonyl (C=O) groups is 4. The van der Waals surface area contributed by atoms with Gasteiger partial charge in [-0.2, -0.15) is 0 Å². The average Bonchev–Trinajstić information content (AvgIpc) is 2.95. The Labute approximate surface area is 166 Å². The summed E-state index contributed by atoms with van der Waals surface area (Å²) in [5.41, 5.74) is 1.59. The van der Waals surface area contributed by atoms with Crippen LogP contribution < -0.4 is 15.0 Å². The number of hydrogen-bond donors (Lipinski definition) is 1. The molecule has 8 heteroatoms. The Balaban J connectivity index is 1.47. The van der Waals surface area contributed by atoms with Gasteiger partial charge < -0.3 is 15.0 Å². The summed E-state index contributed by atoms with van der Waals surface area (Å²) in [5, 5.41) is 2.66. The first-order chi connectivity index (χ1) is 14.0. The van der Waals surface area contributed by atoms with Crippen molar-refractivity contribution in [3.8, 4) is 5.75 Å². The molecule has 4 rings (SSSR count). The lowest BCUT2D eigenvalue weighted by molar-refractivity contribution is -0.121. The van der Waals surface area contributed by atoms with Crippen LogP contribution in [0.15, 0.2) is 55.1 Å². The van der Waals surface area contributed by atoms with Crippen molar-refractivity contribution in [2.45, 2.75) is 0 Å². The van der Waals surface area contributed by atoms with Crippen molar-refractivity contribution in [3.63, 3.8) is 0 Å². The molecule has 0 radical (unpaired) electrons. The molecule has 0 fully saturated rings. The van der Waals surface area contributed by atoms with E-state index in [4.69, 9.17) is 4.74 Å². The van der Waals surface area contributed by atoms with Gasteiger partial charge in [-0.1, -0.05) is 18.2 Å².